The predicted octanol–water partition coefficient (Wildman–Crippen LogP) is 4.29. The molecule has 0 saturated carbocycles. The Bertz CT molecular complexity index is 1180. The first kappa shape index (κ1) is 22.0. The van der Waals surface area contributed by atoms with E-state index < -0.39 is 11.7 Å². The van der Waals surface area contributed by atoms with Gasteiger partial charge in [0.05, 0.1) is 5.56 Å². The highest BCUT2D eigenvalue weighted by Gasteiger charge is 2.26. The van der Waals surface area contributed by atoms with Gasteiger partial charge in [0.2, 0.25) is 0 Å². The lowest BCUT2D eigenvalue weighted by Gasteiger charge is -2.20. The molecular formula is C23H26FN7OS. The van der Waals surface area contributed by atoms with Crippen LogP contribution in [0, 0.1) is 5.82 Å². The van der Waals surface area contributed by atoms with Crippen LogP contribution in [0.4, 0.5) is 10.2 Å². The van der Waals surface area contributed by atoms with Crippen molar-refractivity contribution in [1.29, 1.82) is 0 Å². The van der Waals surface area contributed by atoms with Crippen molar-refractivity contribution in [1.82, 2.24) is 28.4 Å². The number of rotatable bonds is 6. The van der Waals surface area contributed by atoms with Gasteiger partial charge in [-0.2, -0.15) is 0 Å². The minimum atomic E-state index is -0.519. The minimum absolute atomic E-state index is 0.0272. The number of anilines is 1. The van der Waals surface area contributed by atoms with E-state index in [4.69, 9.17) is 0 Å². The van der Waals surface area contributed by atoms with Crippen LogP contribution in [0.15, 0.2) is 36.7 Å². The normalized spacial score (nSPS) is 16.5. The molecule has 0 spiro atoms. The highest BCUT2D eigenvalue weighted by molar-refractivity contribution is 7.94. The van der Waals surface area contributed by atoms with Crippen LogP contribution >= 0.6 is 12.1 Å². The summed E-state index contributed by atoms with van der Waals surface area (Å²) in [6, 6.07) is 8.59. The molecule has 8 nitrogen and oxygen atoms in total. The highest BCUT2D eigenvalue weighted by Crippen LogP contribution is 2.33. The van der Waals surface area contributed by atoms with Crippen molar-refractivity contribution in [3.63, 3.8) is 0 Å². The molecule has 1 saturated heterocycles. The van der Waals surface area contributed by atoms with Crippen molar-refractivity contribution in [3.05, 3.63) is 59.2 Å². The predicted molar refractivity (Wildman–Crippen MR) is 126 cm³/mol. The summed E-state index contributed by atoms with van der Waals surface area (Å²) >= 11 is 1.72. The molecule has 0 bridgehead atoms. The lowest BCUT2D eigenvalue weighted by Crippen LogP contribution is -2.18. The van der Waals surface area contributed by atoms with Gasteiger partial charge in [-0.15, -0.1) is 10.2 Å². The standard InChI is InChI=1S/C23H26FN7OS/c1-15(2)31-14-25-28-22(31)20-6-5-7-21(26-20)27-23(32)18-10-16-12-30(13-17(16)11-19(18)24)33-29-8-3-4-9-29/h5-7,10-11,14-15H,3-4,8-9,12-13H2,1-2H3,(H,26,27,32). The first-order valence-electron chi connectivity index (χ1n) is 11.2. The van der Waals surface area contributed by atoms with Crippen LogP contribution in [0.3, 0.4) is 0 Å². The number of nitrogens with zero attached hydrogens (tertiary/aromatic N) is 6. The van der Waals surface area contributed by atoms with Gasteiger partial charge in [0.1, 0.15) is 23.7 Å². The number of nitrogens with one attached hydrogen (secondary N) is 1. The van der Waals surface area contributed by atoms with Gasteiger partial charge in [0.15, 0.2) is 5.82 Å². The molecule has 0 radical (unpaired) electrons. The van der Waals surface area contributed by atoms with Crippen molar-refractivity contribution < 1.29 is 9.18 Å². The SMILES string of the molecule is CC(C)n1cnnc1-c1cccc(NC(=O)c2cc3c(cc2F)CN(SN2CCCC2)C3)n1. The molecule has 1 amide bonds. The maximum atomic E-state index is 14.8. The molecule has 1 aromatic carbocycles. The molecule has 172 valence electrons. The van der Waals surface area contributed by atoms with Gasteiger partial charge in [-0.1, -0.05) is 6.07 Å². The van der Waals surface area contributed by atoms with E-state index in [2.05, 4.69) is 29.1 Å². The third-order valence-corrected chi connectivity index (χ3v) is 6.96. The molecule has 1 N–H and O–H groups in total. The second-order valence-corrected chi connectivity index (χ2v) is 9.83. The maximum Gasteiger partial charge on any atom is 0.259 e. The van der Waals surface area contributed by atoms with Crippen LogP contribution in [0.5, 0.6) is 0 Å². The number of hydrogen-bond acceptors (Lipinski definition) is 7. The van der Waals surface area contributed by atoms with Gasteiger partial charge in [-0.3, -0.25) is 4.79 Å². The van der Waals surface area contributed by atoms with E-state index in [0.29, 0.717) is 30.4 Å². The summed E-state index contributed by atoms with van der Waals surface area (Å²) in [6.07, 6.45) is 4.09. The number of benzene rings is 1. The fourth-order valence-electron chi connectivity index (χ4n) is 4.17. The fraction of sp³-hybridized carbons (Fsp3) is 0.391. The second-order valence-electron chi connectivity index (χ2n) is 8.63. The lowest BCUT2D eigenvalue weighted by atomic mass is 10.1. The summed E-state index contributed by atoms with van der Waals surface area (Å²) in [4.78, 5) is 17.4. The molecule has 10 heteroatoms. The van der Waals surface area contributed by atoms with Gasteiger partial charge in [-0.25, -0.2) is 18.0 Å². The Labute approximate surface area is 196 Å². The summed E-state index contributed by atoms with van der Waals surface area (Å²) in [5.41, 5.74) is 2.53. The molecule has 0 aliphatic carbocycles. The van der Waals surface area contributed by atoms with E-state index in [-0.39, 0.29) is 11.6 Å². The number of pyridine rings is 1. The van der Waals surface area contributed by atoms with E-state index in [9.17, 15) is 9.18 Å². The molecule has 2 aliphatic rings. The van der Waals surface area contributed by atoms with E-state index in [1.807, 2.05) is 18.4 Å². The van der Waals surface area contributed by atoms with Gasteiger partial charge in [0, 0.05) is 44.4 Å². The Morgan fingerprint density at radius 2 is 1.88 bits per heavy atom. The van der Waals surface area contributed by atoms with Crippen molar-refractivity contribution in [2.75, 3.05) is 18.4 Å². The third kappa shape index (κ3) is 4.64. The first-order chi connectivity index (χ1) is 16.0. The molecule has 2 aromatic heterocycles. The molecular weight excluding hydrogens is 441 g/mol. The van der Waals surface area contributed by atoms with Crippen LogP contribution in [0.25, 0.3) is 11.5 Å². The Morgan fingerprint density at radius 1 is 1.12 bits per heavy atom. The summed E-state index contributed by atoms with van der Waals surface area (Å²) in [5.74, 6) is -0.0896. The molecule has 4 heterocycles. The van der Waals surface area contributed by atoms with Gasteiger partial charge in [0.25, 0.3) is 5.91 Å². The van der Waals surface area contributed by atoms with Crippen molar-refractivity contribution in [3.8, 4) is 11.5 Å². The van der Waals surface area contributed by atoms with Crippen molar-refractivity contribution in [2.24, 2.45) is 0 Å². The topological polar surface area (TPSA) is 79.2 Å². The second kappa shape index (κ2) is 9.20. The zero-order chi connectivity index (χ0) is 22.9. The fourth-order valence-corrected chi connectivity index (χ4v) is 5.31. The average Bonchev–Trinajstić information content (AvgIpc) is 3.54. The van der Waals surface area contributed by atoms with Crippen molar-refractivity contribution in [2.45, 2.75) is 45.8 Å². The number of amides is 1. The maximum absolute atomic E-state index is 14.8. The van der Waals surface area contributed by atoms with Gasteiger partial charge >= 0.3 is 0 Å². The monoisotopic (exact) mass is 467 g/mol. The summed E-state index contributed by atoms with van der Waals surface area (Å²) in [7, 11) is 0. The van der Waals surface area contributed by atoms with Crippen LogP contribution in [-0.4, -0.2) is 47.4 Å². The lowest BCUT2D eigenvalue weighted by molar-refractivity contribution is 0.102. The quantitative estimate of drug-likeness (QED) is 0.542. The average molecular weight is 468 g/mol. The Morgan fingerprint density at radius 3 is 2.64 bits per heavy atom. The van der Waals surface area contributed by atoms with Crippen LogP contribution in [-0.2, 0) is 13.1 Å². The molecule has 0 atom stereocenters. The number of carbonyl (C=O) groups is 1. The largest absolute Gasteiger partial charge is 0.310 e. The zero-order valence-electron chi connectivity index (χ0n) is 18.7. The Kier molecular flexibility index (Phi) is 6.13. The number of halogens is 1. The molecule has 5 rings (SSSR count). The molecule has 3 aromatic rings. The minimum Gasteiger partial charge on any atom is -0.310 e. The molecule has 1 fully saturated rings. The van der Waals surface area contributed by atoms with E-state index in [1.54, 1.807) is 42.7 Å². The van der Waals surface area contributed by atoms with E-state index >= 15 is 0 Å². The third-order valence-electron chi connectivity index (χ3n) is 5.87. The smallest absolute Gasteiger partial charge is 0.259 e. The number of carbonyl (C=O) groups excluding carboxylic acids is 1. The van der Waals surface area contributed by atoms with Crippen LogP contribution in [0.1, 0.15) is 54.2 Å². The Balaban J connectivity index is 1.31. The van der Waals surface area contributed by atoms with E-state index in [1.165, 1.54) is 18.9 Å². The number of aromatic nitrogens is 4. The number of fused-ring (bicyclic) bond motifs is 1. The zero-order valence-corrected chi connectivity index (χ0v) is 19.5. The van der Waals surface area contributed by atoms with Crippen LogP contribution in [0.2, 0.25) is 0 Å². The summed E-state index contributed by atoms with van der Waals surface area (Å²) in [6.45, 7) is 7.59. The molecule has 0 unspecified atom stereocenters. The summed E-state index contributed by atoms with van der Waals surface area (Å²) in [5, 5.41) is 10.9. The molecule has 33 heavy (non-hydrogen) atoms. The number of hydrogen-bond donors (Lipinski definition) is 1. The van der Waals surface area contributed by atoms with Crippen LogP contribution < -0.4 is 5.32 Å². The summed E-state index contributed by atoms with van der Waals surface area (Å²) < 4.78 is 21.3. The highest BCUT2D eigenvalue weighted by atomic mass is 32.2. The van der Waals surface area contributed by atoms with E-state index in [0.717, 1.165) is 24.2 Å². The molecule has 2 aliphatic heterocycles. The Hall–Kier alpha value is -2.82. The van der Waals surface area contributed by atoms with Crippen molar-refractivity contribution >= 4 is 23.9 Å². The van der Waals surface area contributed by atoms with Gasteiger partial charge < -0.3 is 9.88 Å². The van der Waals surface area contributed by atoms with Gasteiger partial charge in [-0.05, 0) is 62.1 Å². The first-order valence-corrected chi connectivity index (χ1v) is 11.9.